The molecule has 21 heavy (non-hydrogen) atoms. The molecule has 0 saturated carbocycles. The van der Waals surface area contributed by atoms with Gasteiger partial charge in [0, 0.05) is 19.0 Å². The van der Waals surface area contributed by atoms with Crippen LogP contribution in [-0.4, -0.2) is 45.8 Å². The van der Waals surface area contributed by atoms with Gasteiger partial charge in [-0.05, 0) is 6.07 Å². The molecular formula is C12H11ClF2N2O4. The number of hydrogen-bond donors (Lipinski definition) is 3. The summed E-state index contributed by atoms with van der Waals surface area (Å²) in [5.74, 6) is -3.28. The van der Waals surface area contributed by atoms with Gasteiger partial charge in [0.15, 0.2) is 5.82 Å². The Kier molecular flexibility index (Phi) is 4.29. The van der Waals surface area contributed by atoms with Gasteiger partial charge in [-0.25, -0.2) is 18.4 Å². The molecular weight excluding hydrogens is 310 g/mol. The van der Waals surface area contributed by atoms with Gasteiger partial charge in [0.05, 0.1) is 16.8 Å². The highest BCUT2D eigenvalue weighted by molar-refractivity contribution is 6.33. The molecule has 114 valence electrons. The molecule has 0 aromatic heterocycles. The molecule has 1 aliphatic rings. The number of carbonyl (C=O) groups excluding carboxylic acids is 1. The number of likely N-dealkylation sites (tertiary alicyclic amines) is 1. The first kappa shape index (κ1) is 15.5. The number of carbonyl (C=O) groups is 2. The Morgan fingerprint density at radius 3 is 2.62 bits per heavy atom. The topological polar surface area (TPSA) is 89.9 Å². The van der Waals surface area contributed by atoms with Crippen molar-refractivity contribution in [2.45, 2.75) is 18.6 Å². The van der Waals surface area contributed by atoms with Crippen LogP contribution in [0.4, 0.5) is 19.3 Å². The van der Waals surface area contributed by atoms with Gasteiger partial charge < -0.3 is 20.4 Å². The van der Waals surface area contributed by atoms with Crippen LogP contribution in [0.25, 0.3) is 0 Å². The molecule has 0 spiro atoms. The van der Waals surface area contributed by atoms with Crippen molar-refractivity contribution in [3.05, 3.63) is 28.8 Å². The van der Waals surface area contributed by atoms with Gasteiger partial charge in [-0.3, -0.25) is 0 Å². The van der Waals surface area contributed by atoms with Crippen LogP contribution in [0.2, 0.25) is 5.02 Å². The van der Waals surface area contributed by atoms with Crippen molar-refractivity contribution in [1.82, 2.24) is 4.90 Å². The molecule has 2 atom stereocenters. The van der Waals surface area contributed by atoms with E-state index in [0.717, 1.165) is 11.0 Å². The molecule has 6 nitrogen and oxygen atoms in total. The maximum atomic E-state index is 13.6. The van der Waals surface area contributed by atoms with Gasteiger partial charge in [-0.2, -0.15) is 0 Å². The van der Waals surface area contributed by atoms with E-state index in [-0.39, 0.29) is 18.0 Å². The number of anilines is 1. The van der Waals surface area contributed by atoms with E-state index in [0.29, 0.717) is 6.07 Å². The molecule has 1 heterocycles. The summed E-state index contributed by atoms with van der Waals surface area (Å²) >= 11 is 5.63. The van der Waals surface area contributed by atoms with Crippen molar-refractivity contribution in [3.8, 4) is 0 Å². The van der Waals surface area contributed by atoms with E-state index in [1.807, 2.05) is 0 Å². The van der Waals surface area contributed by atoms with Crippen LogP contribution in [0.1, 0.15) is 6.42 Å². The number of amides is 2. The molecule has 0 radical (unpaired) electrons. The van der Waals surface area contributed by atoms with Gasteiger partial charge in [0.25, 0.3) is 0 Å². The number of aliphatic hydroxyl groups excluding tert-OH is 1. The van der Waals surface area contributed by atoms with Crippen LogP contribution in [0.15, 0.2) is 12.1 Å². The van der Waals surface area contributed by atoms with Crippen LogP contribution in [0.3, 0.4) is 0 Å². The number of aliphatic carboxylic acids is 1. The number of hydrogen-bond acceptors (Lipinski definition) is 3. The highest BCUT2D eigenvalue weighted by Gasteiger charge is 2.39. The number of benzene rings is 1. The molecule has 0 bridgehead atoms. The minimum atomic E-state index is -1.28. The molecule has 9 heteroatoms. The third kappa shape index (κ3) is 3.22. The minimum absolute atomic E-state index is 0.123. The average molecular weight is 321 g/mol. The number of rotatable bonds is 2. The normalized spacial score (nSPS) is 21.4. The van der Waals surface area contributed by atoms with Crippen molar-refractivity contribution < 1.29 is 28.6 Å². The second kappa shape index (κ2) is 5.82. The summed E-state index contributed by atoms with van der Waals surface area (Å²) in [6.45, 7) is -0.205. The first-order chi connectivity index (χ1) is 9.79. The molecule has 3 N–H and O–H groups in total. The zero-order valence-electron chi connectivity index (χ0n) is 10.5. The third-order valence-corrected chi connectivity index (χ3v) is 3.36. The van der Waals surface area contributed by atoms with E-state index in [9.17, 15) is 23.5 Å². The Morgan fingerprint density at radius 2 is 2.05 bits per heavy atom. The summed E-state index contributed by atoms with van der Waals surface area (Å²) < 4.78 is 26.5. The highest BCUT2D eigenvalue weighted by atomic mass is 35.5. The largest absolute Gasteiger partial charge is 0.480 e. The number of aliphatic hydroxyl groups is 1. The second-order valence-electron chi connectivity index (χ2n) is 4.57. The Hall–Kier alpha value is -1.93. The Bertz CT molecular complexity index is 576. The predicted octanol–water partition coefficient (Wildman–Crippen LogP) is 1.67. The number of halogens is 3. The molecule has 1 aromatic rings. The van der Waals surface area contributed by atoms with Crippen LogP contribution >= 0.6 is 11.6 Å². The standard InChI is InChI=1S/C12H11ClF2N2O4/c13-7-1-5(14)2-8(15)10(7)16-12(21)17-4-6(18)3-9(17)11(19)20/h1-2,6,9,18H,3-4H2,(H,16,21)(H,19,20)/t6?,9-/m0/s1. The molecule has 1 fully saturated rings. The van der Waals surface area contributed by atoms with Gasteiger partial charge in [-0.1, -0.05) is 11.6 Å². The number of nitrogens with zero attached hydrogens (tertiary/aromatic N) is 1. The quantitative estimate of drug-likeness (QED) is 0.773. The van der Waals surface area contributed by atoms with E-state index >= 15 is 0 Å². The molecule has 2 amide bonds. The number of carboxylic acids is 1. The van der Waals surface area contributed by atoms with Crippen LogP contribution < -0.4 is 5.32 Å². The summed E-state index contributed by atoms with van der Waals surface area (Å²) in [6.07, 6.45) is -1.10. The fraction of sp³-hybridized carbons (Fsp3) is 0.333. The SMILES string of the molecule is O=C(O)[C@@H]1CC(O)CN1C(=O)Nc1c(F)cc(F)cc1Cl. The van der Waals surface area contributed by atoms with Crippen LogP contribution in [-0.2, 0) is 4.79 Å². The predicted molar refractivity (Wildman–Crippen MR) is 69.1 cm³/mol. The second-order valence-corrected chi connectivity index (χ2v) is 4.98. The zero-order valence-corrected chi connectivity index (χ0v) is 11.3. The summed E-state index contributed by atoms with van der Waals surface area (Å²) in [5, 5.41) is 20.2. The van der Waals surface area contributed by atoms with Crippen molar-refractivity contribution >= 4 is 29.3 Å². The average Bonchev–Trinajstić information content (AvgIpc) is 2.76. The molecule has 1 unspecified atom stereocenters. The lowest BCUT2D eigenvalue weighted by molar-refractivity contribution is -0.141. The van der Waals surface area contributed by atoms with Gasteiger partial charge in [-0.15, -0.1) is 0 Å². The smallest absolute Gasteiger partial charge is 0.326 e. The lowest BCUT2D eigenvalue weighted by Crippen LogP contribution is -2.43. The third-order valence-electron chi connectivity index (χ3n) is 3.06. The number of carboxylic acid groups (broad SMARTS) is 1. The van der Waals surface area contributed by atoms with Crippen molar-refractivity contribution in [2.75, 3.05) is 11.9 Å². The van der Waals surface area contributed by atoms with Crippen molar-refractivity contribution in [2.24, 2.45) is 0 Å². The summed E-state index contributed by atoms with van der Waals surface area (Å²) in [4.78, 5) is 23.8. The van der Waals surface area contributed by atoms with E-state index in [1.54, 1.807) is 0 Å². The molecule has 1 aliphatic heterocycles. The van der Waals surface area contributed by atoms with Crippen molar-refractivity contribution in [3.63, 3.8) is 0 Å². The minimum Gasteiger partial charge on any atom is -0.480 e. The molecule has 0 aliphatic carbocycles. The molecule has 2 rings (SSSR count). The van der Waals surface area contributed by atoms with Gasteiger partial charge in [0.1, 0.15) is 11.9 Å². The number of nitrogens with one attached hydrogen (secondary N) is 1. The zero-order chi connectivity index (χ0) is 15.7. The molecule has 1 aromatic carbocycles. The van der Waals surface area contributed by atoms with Crippen LogP contribution in [0, 0.1) is 11.6 Å². The maximum Gasteiger partial charge on any atom is 0.326 e. The number of urea groups is 1. The monoisotopic (exact) mass is 320 g/mol. The van der Waals surface area contributed by atoms with E-state index in [4.69, 9.17) is 16.7 Å². The fourth-order valence-electron chi connectivity index (χ4n) is 2.11. The Balaban J connectivity index is 2.20. The lowest BCUT2D eigenvalue weighted by atomic mass is 10.2. The Labute approximate surface area is 122 Å². The summed E-state index contributed by atoms with van der Waals surface area (Å²) in [5.41, 5.74) is -0.450. The van der Waals surface area contributed by atoms with E-state index in [2.05, 4.69) is 5.32 Å². The molecule has 1 saturated heterocycles. The first-order valence-electron chi connectivity index (χ1n) is 5.92. The Morgan fingerprint density at radius 1 is 1.38 bits per heavy atom. The van der Waals surface area contributed by atoms with E-state index < -0.39 is 41.5 Å². The summed E-state index contributed by atoms with van der Waals surface area (Å²) in [6, 6.07) is -0.809. The number of β-amino-alcohol motifs (C(OH)–C–C–N with tert-alkyl or cyclic N) is 1. The first-order valence-corrected chi connectivity index (χ1v) is 6.30. The summed E-state index contributed by atoms with van der Waals surface area (Å²) in [7, 11) is 0. The highest BCUT2D eigenvalue weighted by Crippen LogP contribution is 2.28. The van der Waals surface area contributed by atoms with Gasteiger partial charge in [0.2, 0.25) is 0 Å². The van der Waals surface area contributed by atoms with Crippen molar-refractivity contribution in [1.29, 1.82) is 0 Å². The van der Waals surface area contributed by atoms with Gasteiger partial charge >= 0.3 is 12.0 Å². The fourth-order valence-corrected chi connectivity index (χ4v) is 2.35. The van der Waals surface area contributed by atoms with Crippen LogP contribution in [0.5, 0.6) is 0 Å². The van der Waals surface area contributed by atoms with E-state index in [1.165, 1.54) is 0 Å². The maximum absolute atomic E-state index is 13.6. The lowest BCUT2D eigenvalue weighted by Gasteiger charge is -2.22.